The lowest BCUT2D eigenvalue weighted by Crippen LogP contribution is -2.27. The van der Waals surface area contributed by atoms with Crippen molar-refractivity contribution in [2.24, 2.45) is 0 Å². The van der Waals surface area contributed by atoms with E-state index >= 15 is 0 Å². The second-order valence-electron chi connectivity index (χ2n) is 3.80. The maximum Gasteiger partial charge on any atom is 0.335 e. The summed E-state index contributed by atoms with van der Waals surface area (Å²) in [5, 5.41) is 12.1. The van der Waals surface area contributed by atoms with Crippen molar-refractivity contribution in [1.82, 2.24) is 10.3 Å². The monoisotopic (exact) mass is 206 g/mol. The van der Waals surface area contributed by atoms with Gasteiger partial charge < -0.3 is 10.4 Å². The standard InChI is InChI=1S/C11H14N2O2/c14-11(15)9-3-6-13-10(7-9)8-1-4-12-5-2-8/h3,6-8,12H,1-2,4-5H2,(H,14,15). The molecule has 4 heteroatoms. The Bertz CT molecular complexity index is 359. The minimum absolute atomic E-state index is 0.332. The average molecular weight is 206 g/mol. The molecule has 1 saturated heterocycles. The minimum Gasteiger partial charge on any atom is -0.478 e. The fourth-order valence-electron chi connectivity index (χ4n) is 1.92. The van der Waals surface area contributed by atoms with Crippen molar-refractivity contribution in [3.63, 3.8) is 0 Å². The molecule has 0 aliphatic carbocycles. The predicted octanol–water partition coefficient (Wildman–Crippen LogP) is 1.25. The molecule has 1 fully saturated rings. The number of hydrogen-bond donors (Lipinski definition) is 2. The molecule has 0 saturated carbocycles. The molecule has 0 amide bonds. The molecule has 0 unspecified atom stereocenters. The van der Waals surface area contributed by atoms with Crippen LogP contribution in [0.25, 0.3) is 0 Å². The Labute approximate surface area is 88.3 Å². The summed E-state index contributed by atoms with van der Waals surface area (Å²) in [6, 6.07) is 3.23. The van der Waals surface area contributed by atoms with E-state index in [1.807, 2.05) is 0 Å². The minimum atomic E-state index is -0.882. The van der Waals surface area contributed by atoms with Crippen LogP contribution in [-0.2, 0) is 0 Å². The smallest absolute Gasteiger partial charge is 0.335 e. The highest BCUT2D eigenvalue weighted by Crippen LogP contribution is 2.23. The molecule has 2 heterocycles. The Hall–Kier alpha value is -1.42. The molecule has 0 bridgehead atoms. The maximum absolute atomic E-state index is 10.8. The van der Waals surface area contributed by atoms with E-state index in [0.717, 1.165) is 31.6 Å². The largest absolute Gasteiger partial charge is 0.478 e. The number of aromatic nitrogens is 1. The molecule has 1 aromatic rings. The molecule has 1 aromatic heterocycles. The Balaban J connectivity index is 2.19. The van der Waals surface area contributed by atoms with Gasteiger partial charge in [0.1, 0.15) is 0 Å². The van der Waals surface area contributed by atoms with E-state index < -0.39 is 5.97 Å². The number of carbonyl (C=O) groups is 1. The summed E-state index contributed by atoms with van der Waals surface area (Å²) in [7, 11) is 0. The van der Waals surface area contributed by atoms with E-state index in [1.54, 1.807) is 12.3 Å². The van der Waals surface area contributed by atoms with Crippen LogP contribution in [0.4, 0.5) is 0 Å². The number of carboxylic acid groups (broad SMARTS) is 1. The molecule has 15 heavy (non-hydrogen) atoms. The van der Waals surface area contributed by atoms with Crippen LogP contribution >= 0.6 is 0 Å². The average Bonchev–Trinajstić information content (AvgIpc) is 2.30. The van der Waals surface area contributed by atoms with Crippen LogP contribution in [0.5, 0.6) is 0 Å². The molecule has 4 nitrogen and oxygen atoms in total. The normalized spacial score (nSPS) is 17.6. The third-order valence-electron chi connectivity index (χ3n) is 2.79. The highest BCUT2D eigenvalue weighted by atomic mass is 16.4. The van der Waals surface area contributed by atoms with Crippen molar-refractivity contribution in [3.05, 3.63) is 29.6 Å². The Morgan fingerprint density at radius 1 is 1.47 bits per heavy atom. The fraction of sp³-hybridized carbons (Fsp3) is 0.455. The van der Waals surface area contributed by atoms with Crippen LogP contribution in [0.1, 0.15) is 34.8 Å². The van der Waals surface area contributed by atoms with E-state index in [4.69, 9.17) is 5.11 Å². The van der Waals surface area contributed by atoms with Gasteiger partial charge in [-0.1, -0.05) is 0 Å². The Morgan fingerprint density at radius 2 is 2.20 bits per heavy atom. The highest BCUT2D eigenvalue weighted by Gasteiger charge is 2.17. The molecular formula is C11H14N2O2. The van der Waals surface area contributed by atoms with Crippen molar-refractivity contribution in [3.8, 4) is 0 Å². The van der Waals surface area contributed by atoms with E-state index in [2.05, 4.69) is 10.3 Å². The first-order chi connectivity index (χ1) is 7.27. The van der Waals surface area contributed by atoms with Crippen LogP contribution in [-0.4, -0.2) is 29.1 Å². The van der Waals surface area contributed by atoms with Crippen LogP contribution in [0, 0.1) is 0 Å². The van der Waals surface area contributed by atoms with Gasteiger partial charge in [-0.15, -0.1) is 0 Å². The number of aromatic carboxylic acids is 1. The predicted molar refractivity (Wildman–Crippen MR) is 56.0 cm³/mol. The van der Waals surface area contributed by atoms with Gasteiger partial charge in [-0.2, -0.15) is 0 Å². The quantitative estimate of drug-likeness (QED) is 0.764. The van der Waals surface area contributed by atoms with Crippen molar-refractivity contribution in [1.29, 1.82) is 0 Å². The first-order valence-corrected chi connectivity index (χ1v) is 5.17. The molecule has 2 N–H and O–H groups in total. The highest BCUT2D eigenvalue weighted by molar-refractivity contribution is 5.87. The zero-order valence-corrected chi connectivity index (χ0v) is 8.44. The number of nitrogens with zero attached hydrogens (tertiary/aromatic N) is 1. The number of hydrogen-bond acceptors (Lipinski definition) is 3. The Kier molecular flexibility index (Phi) is 2.97. The summed E-state index contributed by atoms with van der Waals surface area (Å²) in [6.07, 6.45) is 3.66. The SMILES string of the molecule is O=C(O)c1ccnc(C2CCNCC2)c1. The Morgan fingerprint density at radius 3 is 2.87 bits per heavy atom. The molecule has 0 spiro atoms. The summed E-state index contributed by atoms with van der Waals surface area (Å²) in [5.41, 5.74) is 1.25. The molecule has 0 radical (unpaired) electrons. The number of carboxylic acids is 1. The summed E-state index contributed by atoms with van der Waals surface area (Å²) in [4.78, 5) is 15.1. The summed E-state index contributed by atoms with van der Waals surface area (Å²) >= 11 is 0. The molecule has 0 aromatic carbocycles. The third-order valence-corrected chi connectivity index (χ3v) is 2.79. The van der Waals surface area contributed by atoms with Gasteiger partial charge in [-0.25, -0.2) is 4.79 Å². The lowest BCUT2D eigenvalue weighted by atomic mass is 9.93. The van der Waals surface area contributed by atoms with Gasteiger partial charge in [-0.3, -0.25) is 4.98 Å². The topological polar surface area (TPSA) is 62.2 Å². The molecule has 80 valence electrons. The fourth-order valence-corrected chi connectivity index (χ4v) is 1.92. The summed E-state index contributed by atoms with van der Waals surface area (Å²) < 4.78 is 0. The van der Waals surface area contributed by atoms with Crippen molar-refractivity contribution >= 4 is 5.97 Å². The molecule has 0 atom stereocenters. The van der Waals surface area contributed by atoms with Gasteiger partial charge >= 0.3 is 5.97 Å². The summed E-state index contributed by atoms with van der Waals surface area (Å²) in [5.74, 6) is -0.474. The van der Waals surface area contributed by atoms with E-state index in [9.17, 15) is 4.79 Å². The zero-order valence-electron chi connectivity index (χ0n) is 8.44. The molecule has 1 aliphatic heterocycles. The van der Waals surface area contributed by atoms with Gasteiger partial charge in [0.15, 0.2) is 0 Å². The van der Waals surface area contributed by atoms with E-state index in [-0.39, 0.29) is 0 Å². The number of rotatable bonds is 2. The van der Waals surface area contributed by atoms with Gasteiger partial charge in [0, 0.05) is 17.8 Å². The summed E-state index contributed by atoms with van der Waals surface area (Å²) in [6.45, 7) is 1.98. The lowest BCUT2D eigenvalue weighted by molar-refractivity contribution is 0.0696. The van der Waals surface area contributed by atoms with E-state index in [1.165, 1.54) is 6.07 Å². The van der Waals surface area contributed by atoms with Crippen LogP contribution in [0.2, 0.25) is 0 Å². The second kappa shape index (κ2) is 4.40. The van der Waals surface area contributed by atoms with Gasteiger partial charge in [0.05, 0.1) is 5.56 Å². The van der Waals surface area contributed by atoms with Gasteiger partial charge in [0.2, 0.25) is 0 Å². The van der Waals surface area contributed by atoms with Crippen LogP contribution in [0.3, 0.4) is 0 Å². The third kappa shape index (κ3) is 2.33. The molecule has 1 aliphatic rings. The second-order valence-corrected chi connectivity index (χ2v) is 3.80. The first kappa shape index (κ1) is 10.1. The number of nitrogens with one attached hydrogen (secondary N) is 1. The van der Waals surface area contributed by atoms with Crippen LogP contribution in [0.15, 0.2) is 18.3 Å². The zero-order chi connectivity index (χ0) is 10.7. The van der Waals surface area contributed by atoms with Crippen molar-refractivity contribution in [2.75, 3.05) is 13.1 Å². The molecular weight excluding hydrogens is 192 g/mol. The molecule has 2 rings (SSSR count). The van der Waals surface area contributed by atoms with E-state index in [0.29, 0.717) is 11.5 Å². The maximum atomic E-state index is 10.8. The number of piperidine rings is 1. The van der Waals surface area contributed by atoms with Gasteiger partial charge in [0.25, 0.3) is 0 Å². The number of pyridine rings is 1. The lowest BCUT2D eigenvalue weighted by Gasteiger charge is -2.22. The first-order valence-electron chi connectivity index (χ1n) is 5.17. The van der Waals surface area contributed by atoms with Gasteiger partial charge in [-0.05, 0) is 38.1 Å². The van der Waals surface area contributed by atoms with Crippen molar-refractivity contribution < 1.29 is 9.90 Å². The van der Waals surface area contributed by atoms with Crippen LogP contribution < -0.4 is 5.32 Å². The van der Waals surface area contributed by atoms with Crippen molar-refractivity contribution in [2.45, 2.75) is 18.8 Å².